The first kappa shape index (κ1) is 18.6. The quantitative estimate of drug-likeness (QED) is 0.445. The molecule has 0 bridgehead atoms. The monoisotopic (exact) mass is 395 g/mol. The van der Waals surface area contributed by atoms with Crippen molar-refractivity contribution in [3.8, 4) is 0 Å². The van der Waals surface area contributed by atoms with Crippen LogP contribution in [0.3, 0.4) is 0 Å². The highest BCUT2D eigenvalue weighted by Gasteiger charge is 2.26. The number of nitrogens with one attached hydrogen (secondary N) is 3. The van der Waals surface area contributed by atoms with Crippen LogP contribution in [0.4, 0.5) is 5.95 Å². The van der Waals surface area contributed by atoms with Crippen LogP contribution >= 0.6 is 11.8 Å². The van der Waals surface area contributed by atoms with Crippen LogP contribution in [0.15, 0.2) is 41.7 Å². The highest BCUT2D eigenvalue weighted by molar-refractivity contribution is 7.99. The molecule has 0 saturated carbocycles. The number of carbonyl (C=O) groups is 1. The van der Waals surface area contributed by atoms with Gasteiger partial charge < -0.3 is 10.6 Å². The largest absolute Gasteiger partial charge is 0.323 e. The summed E-state index contributed by atoms with van der Waals surface area (Å²) < 4.78 is 0. The summed E-state index contributed by atoms with van der Waals surface area (Å²) in [4.78, 5) is 29.8. The summed E-state index contributed by atoms with van der Waals surface area (Å²) in [7, 11) is 0. The molecule has 1 fully saturated rings. The number of carbonyl (C=O) groups excluding carboxylic acids is 1. The van der Waals surface area contributed by atoms with Crippen molar-refractivity contribution in [1.29, 1.82) is 0 Å². The summed E-state index contributed by atoms with van der Waals surface area (Å²) in [5.41, 5.74) is 2.68. The lowest BCUT2D eigenvalue weighted by atomic mass is 10.2. The van der Waals surface area contributed by atoms with E-state index in [1.807, 2.05) is 44.2 Å². The van der Waals surface area contributed by atoms with Gasteiger partial charge in [0.1, 0.15) is 0 Å². The lowest BCUT2D eigenvalue weighted by molar-refractivity contribution is -0.123. The number of rotatable bonds is 5. The van der Waals surface area contributed by atoms with E-state index in [4.69, 9.17) is 0 Å². The Bertz CT molecular complexity index is 1010. The van der Waals surface area contributed by atoms with Crippen molar-refractivity contribution in [2.24, 2.45) is 0 Å². The molecule has 0 radical (unpaired) electrons. The fourth-order valence-corrected chi connectivity index (χ4v) is 3.97. The summed E-state index contributed by atoms with van der Waals surface area (Å²) in [5, 5.41) is 11.2. The molecule has 4 rings (SSSR count). The van der Waals surface area contributed by atoms with E-state index < -0.39 is 6.29 Å². The highest BCUT2D eigenvalue weighted by Crippen LogP contribution is 2.19. The van der Waals surface area contributed by atoms with Crippen molar-refractivity contribution in [3.05, 3.63) is 47.9 Å². The lowest BCUT2D eigenvalue weighted by Gasteiger charge is -2.31. The first-order valence-corrected chi connectivity index (χ1v) is 10.0. The molecule has 3 N–H and O–H groups in total. The van der Waals surface area contributed by atoms with Gasteiger partial charge in [0.2, 0.25) is 11.9 Å². The zero-order valence-corrected chi connectivity index (χ0v) is 16.5. The van der Waals surface area contributed by atoms with E-state index in [0.29, 0.717) is 23.3 Å². The molecule has 2 unspecified atom stereocenters. The van der Waals surface area contributed by atoms with E-state index in [1.54, 1.807) is 6.20 Å². The minimum absolute atomic E-state index is 0.0121. The van der Waals surface area contributed by atoms with Crippen LogP contribution in [-0.4, -0.2) is 43.9 Å². The fraction of sp³-hybridized carbons (Fsp3) is 0.316. The van der Waals surface area contributed by atoms with Crippen LogP contribution in [-0.2, 0) is 4.79 Å². The minimum atomic E-state index is -0.439. The van der Waals surface area contributed by atoms with Crippen molar-refractivity contribution in [2.45, 2.75) is 37.8 Å². The van der Waals surface area contributed by atoms with Gasteiger partial charge in [-0.1, -0.05) is 30.0 Å². The Morgan fingerprint density at radius 3 is 2.89 bits per heavy atom. The predicted molar refractivity (Wildman–Crippen MR) is 109 cm³/mol. The molecule has 1 aliphatic heterocycles. The fourth-order valence-electron chi connectivity index (χ4n) is 3.06. The van der Waals surface area contributed by atoms with Crippen LogP contribution in [0, 0.1) is 13.8 Å². The third-order valence-electron chi connectivity index (χ3n) is 4.39. The van der Waals surface area contributed by atoms with Crippen LogP contribution < -0.4 is 16.0 Å². The number of para-hydroxylation sites is 1. The van der Waals surface area contributed by atoms with Crippen LogP contribution in [0.1, 0.15) is 17.8 Å². The molecule has 28 heavy (non-hydrogen) atoms. The average molecular weight is 395 g/mol. The molecule has 3 heterocycles. The standard InChI is InChI=1S/C19H21N7OS/c1-11-7-8-20-19(21-11)28-10-13-9-16(27)25-18(23-13)26-17-22-12(2)14-5-3-4-6-15(14)24-17/h3-8,13,18,23H,9-10H2,1-2H3,(H,25,27)(H,22,24,26). The zero-order valence-electron chi connectivity index (χ0n) is 15.6. The first-order chi connectivity index (χ1) is 13.6. The molecule has 0 spiro atoms. The number of thioether (sulfide) groups is 1. The van der Waals surface area contributed by atoms with Gasteiger partial charge in [0.15, 0.2) is 11.4 Å². The Balaban J connectivity index is 1.43. The van der Waals surface area contributed by atoms with Gasteiger partial charge in [-0.25, -0.2) is 19.9 Å². The maximum Gasteiger partial charge on any atom is 0.226 e. The van der Waals surface area contributed by atoms with Crippen molar-refractivity contribution in [2.75, 3.05) is 11.1 Å². The van der Waals surface area contributed by atoms with Gasteiger partial charge in [0, 0.05) is 35.5 Å². The van der Waals surface area contributed by atoms with E-state index in [2.05, 4.69) is 35.9 Å². The molecule has 1 amide bonds. The number of hydrogen-bond acceptors (Lipinski definition) is 8. The third-order valence-corrected chi connectivity index (χ3v) is 5.42. The number of hydrogen-bond donors (Lipinski definition) is 3. The Morgan fingerprint density at radius 2 is 2.04 bits per heavy atom. The van der Waals surface area contributed by atoms with E-state index in [-0.39, 0.29) is 11.9 Å². The molecule has 144 valence electrons. The summed E-state index contributed by atoms with van der Waals surface area (Å²) >= 11 is 1.53. The average Bonchev–Trinajstić information content (AvgIpc) is 2.66. The van der Waals surface area contributed by atoms with Gasteiger partial charge in [-0.2, -0.15) is 0 Å². The molecule has 1 aromatic carbocycles. The summed E-state index contributed by atoms with van der Waals surface area (Å²) in [6, 6.07) is 9.71. The Kier molecular flexibility index (Phi) is 5.36. The normalized spacial score (nSPS) is 19.4. The number of aromatic nitrogens is 4. The molecule has 2 atom stereocenters. The van der Waals surface area contributed by atoms with Crippen molar-refractivity contribution in [1.82, 2.24) is 30.6 Å². The van der Waals surface area contributed by atoms with Crippen LogP contribution in [0.25, 0.3) is 10.9 Å². The van der Waals surface area contributed by atoms with Crippen LogP contribution in [0.5, 0.6) is 0 Å². The van der Waals surface area contributed by atoms with Crippen LogP contribution in [0.2, 0.25) is 0 Å². The summed E-state index contributed by atoms with van der Waals surface area (Å²) in [5.74, 6) is 1.14. The number of fused-ring (bicyclic) bond motifs is 1. The van der Waals surface area contributed by atoms with Gasteiger partial charge in [0.05, 0.1) is 11.2 Å². The number of anilines is 1. The summed E-state index contributed by atoms with van der Waals surface area (Å²) in [6.07, 6.45) is 1.70. The smallest absolute Gasteiger partial charge is 0.226 e. The van der Waals surface area contributed by atoms with Gasteiger partial charge in [0.25, 0.3) is 0 Å². The molecule has 8 nitrogen and oxygen atoms in total. The molecule has 0 aliphatic carbocycles. The third kappa shape index (κ3) is 4.37. The first-order valence-electron chi connectivity index (χ1n) is 9.04. The van der Waals surface area contributed by atoms with Crippen molar-refractivity contribution < 1.29 is 4.79 Å². The Morgan fingerprint density at radius 1 is 1.18 bits per heavy atom. The van der Waals surface area contributed by atoms with E-state index in [0.717, 1.165) is 22.3 Å². The van der Waals surface area contributed by atoms with E-state index in [1.165, 1.54) is 11.8 Å². The number of amides is 1. The van der Waals surface area contributed by atoms with Gasteiger partial charge in [-0.15, -0.1) is 0 Å². The van der Waals surface area contributed by atoms with Gasteiger partial charge in [-0.05, 0) is 26.0 Å². The molecule has 3 aromatic rings. The Hall–Kier alpha value is -2.78. The molecule has 2 aromatic heterocycles. The lowest BCUT2D eigenvalue weighted by Crippen LogP contribution is -2.60. The second-order valence-electron chi connectivity index (χ2n) is 6.65. The van der Waals surface area contributed by atoms with E-state index >= 15 is 0 Å². The number of nitrogens with zero attached hydrogens (tertiary/aromatic N) is 4. The minimum Gasteiger partial charge on any atom is -0.323 e. The molecule has 9 heteroatoms. The number of aryl methyl sites for hydroxylation is 2. The second-order valence-corrected chi connectivity index (χ2v) is 7.64. The summed E-state index contributed by atoms with van der Waals surface area (Å²) in [6.45, 7) is 3.88. The van der Waals surface area contributed by atoms with Crippen molar-refractivity contribution in [3.63, 3.8) is 0 Å². The molecular weight excluding hydrogens is 374 g/mol. The predicted octanol–water partition coefficient (Wildman–Crippen LogP) is 2.00. The van der Waals surface area contributed by atoms with Crippen molar-refractivity contribution >= 4 is 34.5 Å². The molecule has 1 aliphatic rings. The maximum atomic E-state index is 12.1. The van der Waals surface area contributed by atoms with Gasteiger partial charge in [-0.3, -0.25) is 10.1 Å². The van der Waals surface area contributed by atoms with E-state index in [9.17, 15) is 4.79 Å². The Labute approximate surface area is 167 Å². The topological polar surface area (TPSA) is 105 Å². The SMILES string of the molecule is Cc1ccnc(SCC2CC(=O)NC(Nc3nc(C)c4ccccc4n3)N2)n1. The van der Waals surface area contributed by atoms with Gasteiger partial charge >= 0.3 is 0 Å². The molecule has 1 saturated heterocycles. The maximum absolute atomic E-state index is 12.1. The highest BCUT2D eigenvalue weighted by atomic mass is 32.2. The number of benzene rings is 1. The molecular formula is C19H21N7OS. The zero-order chi connectivity index (χ0) is 19.5. The second kappa shape index (κ2) is 8.07.